The van der Waals surface area contributed by atoms with E-state index >= 15 is 0 Å². The van der Waals surface area contributed by atoms with Crippen LogP contribution in [0.5, 0.6) is 0 Å². The molecule has 0 saturated carbocycles. The number of amides is 2. The van der Waals surface area contributed by atoms with Gasteiger partial charge in [-0.25, -0.2) is 8.78 Å². The number of hydrogen-bond donors (Lipinski definition) is 1. The summed E-state index contributed by atoms with van der Waals surface area (Å²) >= 11 is 0. The maximum absolute atomic E-state index is 13.9. The lowest BCUT2D eigenvalue weighted by molar-refractivity contribution is -0.121. The standard InChI is InChI=1S/C24H27F2N3O2/c1-16-8-11-29(15-16)20-5-3-19(4-6-20)27-23(30)17-9-12-28(13-10-17)24(31)21-7-2-18(25)14-22(21)26/h2-7,14,16-17H,8-13,15H2,1H3,(H,27,30). The number of hydrogen-bond acceptors (Lipinski definition) is 3. The number of rotatable bonds is 4. The van der Waals surface area contributed by atoms with E-state index in [9.17, 15) is 18.4 Å². The molecule has 164 valence electrons. The third-order valence-electron chi connectivity index (χ3n) is 6.24. The fraction of sp³-hybridized carbons (Fsp3) is 0.417. The molecule has 0 bridgehead atoms. The van der Waals surface area contributed by atoms with Crippen molar-refractivity contribution in [3.63, 3.8) is 0 Å². The van der Waals surface area contributed by atoms with Crippen LogP contribution in [0.3, 0.4) is 0 Å². The minimum Gasteiger partial charge on any atom is -0.371 e. The SMILES string of the molecule is CC1CCN(c2ccc(NC(=O)C3CCN(C(=O)c4ccc(F)cc4F)CC3)cc2)C1. The number of nitrogens with one attached hydrogen (secondary N) is 1. The summed E-state index contributed by atoms with van der Waals surface area (Å²) in [5, 5.41) is 2.97. The molecule has 2 amide bonds. The van der Waals surface area contributed by atoms with Crippen LogP contribution in [0.4, 0.5) is 20.2 Å². The first-order valence-corrected chi connectivity index (χ1v) is 10.8. The monoisotopic (exact) mass is 427 g/mol. The van der Waals surface area contributed by atoms with Gasteiger partial charge in [0.2, 0.25) is 5.91 Å². The zero-order chi connectivity index (χ0) is 22.0. The quantitative estimate of drug-likeness (QED) is 0.792. The summed E-state index contributed by atoms with van der Waals surface area (Å²) in [6, 6.07) is 10.9. The maximum Gasteiger partial charge on any atom is 0.256 e. The Labute approximate surface area is 181 Å². The van der Waals surface area contributed by atoms with Crippen LogP contribution in [-0.2, 0) is 4.79 Å². The van der Waals surface area contributed by atoms with Crippen molar-refractivity contribution in [3.8, 4) is 0 Å². The summed E-state index contributed by atoms with van der Waals surface area (Å²) in [4.78, 5) is 29.1. The molecular weight excluding hydrogens is 400 g/mol. The maximum atomic E-state index is 13.9. The average molecular weight is 427 g/mol. The van der Waals surface area contributed by atoms with E-state index in [-0.39, 0.29) is 17.4 Å². The van der Waals surface area contributed by atoms with Gasteiger partial charge < -0.3 is 15.1 Å². The first-order chi connectivity index (χ1) is 14.9. The largest absolute Gasteiger partial charge is 0.371 e. The fourth-order valence-electron chi connectivity index (χ4n) is 4.35. The van der Waals surface area contributed by atoms with Crippen LogP contribution in [0.1, 0.15) is 36.5 Å². The van der Waals surface area contributed by atoms with Gasteiger partial charge in [-0.15, -0.1) is 0 Å². The molecule has 1 unspecified atom stereocenters. The highest BCUT2D eigenvalue weighted by Gasteiger charge is 2.29. The summed E-state index contributed by atoms with van der Waals surface area (Å²) in [5.41, 5.74) is 1.78. The number of anilines is 2. The van der Waals surface area contributed by atoms with E-state index in [2.05, 4.69) is 17.1 Å². The Morgan fingerprint density at radius 1 is 0.968 bits per heavy atom. The average Bonchev–Trinajstić information content (AvgIpc) is 3.20. The molecule has 0 spiro atoms. The molecule has 2 aliphatic heterocycles. The number of nitrogens with zero attached hydrogens (tertiary/aromatic N) is 2. The summed E-state index contributed by atoms with van der Waals surface area (Å²) in [6.45, 7) is 5.10. The number of benzene rings is 2. The molecule has 2 aliphatic rings. The van der Waals surface area contributed by atoms with Crippen molar-refractivity contribution >= 4 is 23.2 Å². The smallest absolute Gasteiger partial charge is 0.256 e. The lowest BCUT2D eigenvalue weighted by Crippen LogP contribution is -2.41. The zero-order valence-corrected chi connectivity index (χ0v) is 17.6. The highest BCUT2D eigenvalue weighted by molar-refractivity contribution is 5.95. The Bertz CT molecular complexity index is 956. The Morgan fingerprint density at radius 3 is 2.29 bits per heavy atom. The van der Waals surface area contributed by atoms with Gasteiger partial charge in [-0.2, -0.15) is 0 Å². The summed E-state index contributed by atoms with van der Waals surface area (Å²) in [5.74, 6) is -1.62. The fourth-order valence-corrected chi connectivity index (χ4v) is 4.35. The van der Waals surface area contributed by atoms with Crippen molar-refractivity contribution in [2.75, 3.05) is 36.4 Å². The van der Waals surface area contributed by atoms with Crippen LogP contribution in [0.25, 0.3) is 0 Å². The molecule has 1 atom stereocenters. The van der Waals surface area contributed by atoms with E-state index in [1.165, 1.54) is 17.0 Å². The molecule has 5 nitrogen and oxygen atoms in total. The Morgan fingerprint density at radius 2 is 1.68 bits per heavy atom. The van der Waals surface area contributed by atoms with E-state index in [0.29, 0.717) is 37.9 Å². The highest BCUT2D eigenvalue weighted by atomic mass is 19.1. The van der Waals surface area contributed by atoms with Crippen molar-refractivity contribution in [1.29, 1.82) is 0 Å². The van der Waals surface area contributed by atoms with Crippen LogP contribution in [0.15, 0.2) is 42.5 Å². The van der Waals surface area contributed by atoms with E-state index in [0.717, 1.165) is 30.9 Å². The number of likely N-dealkylation sites (tertiary alicyclic amines) is 1. The van der Waals surface area contributed by atoms with Crippen molar-refractivity contribution in [2.45, 2.75) is 26.2 Å². The minimum absolute atomic E-state index is 0.0670. The van der Waals surface area contributed by atoms with Gasteiger partial charge in [0.05, 0.1) is 5.56 Å². The molecule has 1 N–H and O–H groups in total. The second-order valence-electron chi connectivity index (χ2n) is 8.57. The van der Waals surface area contributed by atoms with E-state index < -0.39 is 17.5 Å². The number of halogens is 2. The van der Waals surface area contributed by atoms with Gasteiger partial charge in [0.25, 0.3) is 5.91 Å². The molecule has 0 radical (unpaired) electrons. The first-order valence-electron chi connectivity index (χ1n) is 10.8. The number of carbonyl (C=O) groups is 2. The summed E-state index contributed by atoms with van der Waals surface area (Å²) < 4.78 is 27.0. The molecule has 2 fully saturated rings. The van der Waals surface area contributed by atoms with Crippen molar-refractivity contribution in [2.24, 2.45) is 11.8 Å². The topological polar surface area (TPSA) is 52.7 Å². The molecule has 4 rings (SSSR count). The molecule has 7 heteroatoms. The van der Waals surface area contributed by atoms with Crippen LogP contribution < -0.4 is 10.2 Å². The van der Waals surface area contributed by atoms with Gasteiger partial charge in [-0.05, 0) is 61.6 Å². The minimum atomic E-state index is -0.864. The van der Waals surface area contributed by atoms with E-state index in [1.807, 2.05) is 24.3 Å². The lowest BCUT2D eigenvalue weighted by atomic mass is 9.95. The van der Waals surface area contributed by atoms with Gasteiger partial charge in [0, 0.05) is 49.5 Å². The van der Waals surface area contributed by atoms with Gasteiger partial charge in [0.15, 0.2) is 0 Å². The van der Waals surface area contributed by atoms with Gasteiger partial charge in [0.1, 0.15) is 11.6 Å². The Balaban J connectivity index is 1.29. The second-order valence-corrected chi connectivity index (χ2v) is 8.57. The van der Waals surface area contributed by atoms with Crippen LogP contribution in [0, 0.1) is 23.5 Å². The predicted octanol–water partition coefficient (Wildman–Crippen LogP) is 4.30. The zero-order valence-electron chi connectivity index (χ0n) is 17.6. The molecule has 2 saturated heterocycles. The van der Waals surface area contributed by atoms with Crippen molar-refractivity contribution in [1.82, 2.24) is 4.90 Å². The molecule has 2 aromatic rings. The predicted molar refractivity (Wildman–Crippen MR) is 116 cm³/mol. The summed E-state index contributed by atoms with van der Waals surface area (Å²) in [7, 11) is 0. The van der Waals surface area contributed by atoms with Gasteiger partial charge >= 0.3 is 0 Å². The van der Waals surface area contributed by atoms with Crippen LogP contribution >= 0.6 is 0 Å². The second kappa shape index (κ2) is 9.04. The molecular formula is C24H27F2N3O2. The van der Waals surface area contributed by atoms with Gasteiger partial charge in [-0.3, -0.25) is 9.59 Å². The molecule has 0 aliphatic carbocycles. The van der Waals surface area contributed by atoms with Gasteiger partial charge in [-0.1, -0.05) is 6.92 Å². The van der Waals surface area contributed by atoms with Crippen molar-refractivity contribution < 1.29 is 18.4 Å². The van der Waals surface area contributed by atoms with Crippen LogP contribution in [-0.4, -0.2) is 42.9 Å². The third kappa shape index (κ3) is 4.86. The Hall–Kier alpha value is -2.96. The highest BCUT2D eigenvalue weighted by Crippen LogP contribution is 2.26. The molecule has 2 aromatic carbocycles. The first kappa shape index (κ1) is 21.3. The Kier molecular flexibility index (Phi) is 6.20. The molecule has 2 heterocycles. The third-order valence-corrected chi connectivity index (χ3v) is 6.24. The van der Waals surface area contributed by atoms with Crippen molar-refractivity contribution in [3.05, 3.63) is 59.7 Å². The van der Waals surface area contributed by atoms with E-state index in [1.54, 1.807) is 0 Å². The molecule has 0 aromatic heterocycles. The number of piperidine rings is 1. The van der Waals surface area contributed by atoms with E-state index in [4.69, 9.17) is 0 Å². The summed E-state index contributed by atoms with van der Waals surface area (Å²) in [6.07, 6.45) is 2.21. The van der Waals surface area contributed by atoms with Crippen LogP contribution in [0.2, 0.25) is 0 Å². The molecule has 31 heavy (non-hydrogen) atoms. The number of carbonyl (C=O) groups excluding carboxylic acids is 2. The lowest BCUT2D eigenvalue weighted by Gasteiger charge is -2.31. The normalized spacial score (nSPS) is 19.5.